The highest BCUT2D eigenvalue weighted by Crippen LogP contribution is 2.19. The summed E-state index contributed by atoms with van der Waals surface area (Å²) >= 11 is 0. The topological polar surface area (TPSA) is 102 Å². The van der Waals surface area contributed by atoms with Crippen LogP contribution in [0.5, 0.6) is 0 Å². The highest BCUT2D eigenvalue weighted by Gasteiger charge is 2.24. The van der Waals surface area contributed by atoms with Gasteiger partial charge in [-0.3, -0.25) is 14.4 Å². The van der Waals surface area contributed by atoms with Crippen molar-refractivity contribution in [2.24, 2.45) is 0 Å². The molecule has 1 aliphatic heterocycles. The summed E-state index contributed by atoms with van der Waals surface area (Å²) in [6.07, 6.45) is 1.66. The smallest absolute Gasteiger partial charge is 0.409 e. The summed E-state index contributed by atoms with van der Waals surface area (Å²) in [5, 5.41) is 2.21. The number of imide groups is 1. The molecule has 1 heterocycles. The Kier molecular flexibility index (Phi) is 5.08. The van der Waals surface area contributed by atoms with Crippen LogP contribution in [0, 0.1) is 0 Å². The van der Waals surface area contributed by atoms with E-state index in [-0.39, 0.29) is 6.42 Å². The zero-order chi connectivity index (χ0) is 16.8. The van der Waals surface area contributed by atoms with Crippen molar-refractivity contribution in [3.8, 4) is 0 Å². The molecule has 0 spiro atoms. The van der Waals surface area contributed by atoms with Crippen LogP contribution in [0.15, 0.2) is 36.4 Å². The second-order valence-corrected chi connectivity index (χ2v) is 4.50. The number of hydrogen-bond donors (Lipinski definition) is 1. The van der Waals surface area contributed by atoms with Gasteiger partial charge in [-0.15, -0.1) is 0 Å². The summed E-state index contributed by atoms with van der Waals surface area (Å²) in [7, 11) is 1.39. The number of ether oxygens (including phenoxy) is 2. The minimum atomic E-state index is -0.698. The number of rotatable bonds is 5. The van der Waals surface area contributed by atoms with Crippen molar-refractivity contribution in [3.63, 3.8) is 0 Å². The van der Waals surface area contributed by atoms with Crippen molar-refractivity contribution in [2.45, 2.75) is 6.42 Å². The minimum Gasteiger partial charge on any atom is -0.428 e. The van der Waals surface area contributed by atoms with E-state index in [9.17, 15) is 19.2 Å². The predicted octanol–water partition coefficient (Wildman–Crippen LogP) is 0.515. The van der Waals surface area contributed by atoms with E-state index in [2.05, 4.69) is 10.1 Å². The van der Waals surface area contributed by atoms with Crippen LogP contribution < -0.4 is 10.2 Å². The molecule has 23 heavy (non-hydrogen) atoms. The molecule has 0 saturated heterocycles. The quantitative estimate of drug-likeness (QED) is 0.482. The zero-order valence-electron chi connectivity index (χ0n) is 12.3. The second-order valence-electron chi connectivity index (χ2n) is 4.50. The largest absolute Gasteiger partial charge is 0.428 e. The molecule has 0 aromatic heterocycles. The Labute approximate surface area is 131 Å². The Morgan fingerprint density at radius 2 is 1.65 bits per heavy atom. The molecular formula is C15H14N2O6. The monoisotopic (exact) mass is 318 g/mol. The lowest BCUT2D eigenvalue weighted by molar-refractivity contribution is -0.151. The first-order valence-electron chi connectivity index (χ1n) is 6.66. The maximum absolute atomic E-state index is 11.6. The minimum absolute atomic E-state index is 0.0302. The van der Waals surface area contributed by atoms with Crippen molar-refractivity contribution in [1.29, 1.82) is 0 Å². The first-order valence-corrected chi connectivity index (χ1v) is 6.66. The van der Waals surface area contributed by atoms with E-state index in [1.807, 2.05) is 0 Å². The molecule has 0 aliphatic carbocycles. The van der Waals surface area contributed by atoms with E-state index in [1.165, 1.54) is 19.2 Å². The molecule has 1 aliphatic rings. The number of amides is 3. The van der Waals surface area contributed by atoms with Gasteiger partial charge >= 0.3 is 12.1 Å². The molecule has 0 bridgehead atoms. The Morgan fingerprint density at radius 1 is 1.04 bits per heavy atom. The lowest BCUT2D eigenvalue weighted by Crippen LogP contribution is -2.29. The SMILES string of the molecule is CNC(=O)OCOC(=O)Cc1ccc(N2C(=O)C=CC2=O)cc1. The van der Waals surface area contributed by atoms with Gasteiger partial charge in [-0.1, -0.05) is 12.1 Å². The molecule has 120 valence electrons. The number of anilines is 1. The zero-order valence-corrected chi connectivity index (χ0v) is 12.3. The van der Waals surface area contributed by atoms with Crippen molar-refractivity contribution in [3.05, 3.63) is 42.0 Å². The van der Waals surface area contributed by atoms with Crippen molar-refractivity contribution >= 4 is 29.6 Å². The van der Waals surface area contributed by atoms with Gasteiger partial charge in [-0.25, -0.2) is 9.69 Å². The van der Waals surface area contributed by atoms with Crippen LogP contribution in [0.1, 0.15) is 5.56 Å². The molecule has 0 atom stereocenters. The van der Waals surface area contributed by atoms with Gasteiger partial charge in [0.2, 0.25) is 6.79 Å². The Hall–Kier alpha value is -3.16. The predicted molar refractivity (Wildman–Crippen MR) is 78.3 cm³/mol. The van der Waals surface area contributed by atoms with Crippen molar-refractivity contribution in [2.75, 3.05) is 18.7 Å². The number of hydrogen-bond acceptors (Lipinski definition) is 6. The molecule has 8 nitrogen and oxygen atoms in total. The first kappa shape index (κ1) is 16.2. The molecule has 0 unspecified atom stereocenters. The summed E-state index contributed by atoms with van der Waals surface area (Å²) in [5.74, 6) is -1.39. The van der Waals surface area contributed by atoms with Gasteiger partial charge in [0.15, 0.2) is 0 Å². The average molecular weight is 318 g/mol. The second kappa shape index (κ2) is 7.21. The molecule has 1 aromatic rings. The van der Waals surface area contributed by atoms with Crippen LogP contribution in [0.2, 0.25) is 0 Å². The van der Waals surface area contributed by atoms with Crippen LogP contribution >= 0.6 is 0 Å². The Bertz CT molecular complexity index is 647. The number of benzene rings is 1. The molecule has 0 saturated carbocycles. The Balaban J connectivity index is 1.88. The first-order chi connectivity index (χ1) is 11.0. The van der Waals surface area contributed by atoms with Gasteiger partial charge in [0, 0.05) is 19.2 Å². The van der Waals surface area contributed by atoms with Gasteiger partial charge in [-0.2, -0.15) is 0 Å². The molecule has 0 radical (unpaired) electrons. The van der Waals surface area contributed by atoms with Gasteiger partial charge < -0.3 is 14.8 Å². The number of nitrogens with one attached hydrogen (secondary N) is 1. The fraction of sp³-hybridized carbons (Fsp3) is 0.200. The van der Waals surface area contributed by atoms with Crippen LogP contribution in [0.3, 0.4) is 0 Å². The van der Waals surface area contributed by atoms with Crippen molar-refractivity contribution in [1.82, 2.24) is 5.32 Å². The molecule has 1 aromatic carbocycles. The van der Waals surface area contributed by atoms with Crippen molar-refractivity contribution < 1.29 is 28.7 Å². The van der Waals surface area contributed by atoms with Crippen LogP contribution in [-0.4, -0.2) is 37.7 Å². The molecule has 3 amide bonds. The molecule has 8 heteroatoms. The molecule has 0 fully saturated rings. The van der Waals surface area contributed by atoms with E-state index < -0.39 is 30.7 Å². The van der Waals surface area contributed by atoms with Crippen LogP contribution in [-0.2, 0) is 30.3 Å². The van der Waals surface area contributed by atoms with E-state index in [0.717, 1.165) is 4.90 Å². The number of nitrogens with zero attached hydrogens (tertiary/aromatic N) is 1. The van der Waals surface area contributed by atoms with Gasteiger partial charge in [0.05, 0.1) is 12.1 Å². The number of alkyl carbamates (subject to hydrolysis) is 1. The standard InChI is InChI=1S/C15H14N2O6/c1-16-15(21)23-9-22-14(20)8-10-2-4-11(5-3-10)17-12(18)6-7-13(17)19/h2-7H,8-9H2,1H3,(H,16,21). The van der Waals surface area contributed by atoms with E-state index in [0.29, 0.717) is 11.3 Å². The highest BCUT2D eigenvalue weighted by molar-refractivity contribution is 6.28. The summed E-state index contributed by atoms with van der Waals surface area (Å²) in [6, 6.07) is 6.34. The maximum Gasteiger partial charge on any atom is 0.409 e. The van der Waals surface area contributed by atoms with Gasteiger partial charge in [-0.05, 0) is 17.7 Å². The summed E-state index contributed by atoms with van der Waals surface area (Å²) in [6.45, 7) is -0.473. The summed E-state index contributed by atoms with van der Waals surface area (Å²) < 4.78 is 9.26. The lowest BCUT2D eigenvalue weighted by Gasteiger charge is -2.14. The number of carbonyl (C=O) groups is 4. The number of esters is 1. The third kappa shape index (κ3) is 4.16. The molecule has 2 rings (SSSR count). The number of carbonyl (C=O) groups excluding carboxylic acids is 4. The Morgan fingerprint density at radius 3 is 2.22 bits per heavy atom. The summed E-state index contributed by atoms with van der Waals surface area (Å²) in [5.41, 5.74) is 1.05. The molecule has 1 N–H and O–H groups in total. The maximum atomic E-state index is 11.6. The average Bonchev–Trinajstić information content (AvgIpc) is 2.87. The van der Waals surface area contributed by atoms with E-state index >= 15 is 0 Å². The van der Waals surface area contributed by atoms with Gasteiger partial charge in [0.25, 0.3) is 11.8 Å². The van der Waals surface area contributed by atoms with E-state index in [1.54, 1.807) is 24.3 Å². The fourth-order valence-corrected chi connectivity index (χ4v) is 1.86. The lowest BCUT2D eigenvalue weighted by atomic mass is 10.1. The van der Waals surface area contributed by atoms with Crippen LogP contribution in [0.25, 0.3) is 0 Å². The van der Waals surface area contributed by atoms with Gasteiger partial charge in [0.1, 0.15) is 0 Å². The van der Waals surface area contributed by atoms with Crippen LogP contribution in [0.4, 0.5) is 10.5 Å². The third-order valence-corrected chi connectivity index (χ3v) is 2.97. The third-order valence-electron chi connectivity index (χ3n) is 2.97. The molecular weight excluding hydrogens is 304 g/mol. The normalized spacial score (nSPS) is 13.2. The fourth-order valence-electron chi connectivity index (χ4n) is 1.86. The van der Waals surface area contributed by atoms with E-state index in [4.69, 9.17) is 4.74 Å². The highest BCUT2D eigenvalue weighted by atomic mass is 16.7. The summed E-state index contributed by atoms with van der Waals surface area (Å²) in [4.78, 5) is 46.5.